The molecule has 6 nitrogen and oxygen atoms in total. The van der Waals surface area contributed by atoms with Crippen molar-refractivity contribution in [1.29, 1.82) is 0 Å². The van der Waals surface area contributed by atoms with Crippen molar-refractivity contribution in [2.45, 2.75) is 25.4 Å². The molecule has 0 radical (unpaired) electrons. The molecule has 0 saturated carbocycles. The number of hydrogen-bond donors (Lipinski definition) is 1. The third-order valence-corrected chi connectivity index (χ3v) is 6.24. The predicted molar refractivity (Wildman–Crippen MR) is 73.7 cm³/mol. The predicted octanol–water partition coefficient (Wildman–Crippen LogP) is -0.0394. The zero-order valence-electron chi connectivity index (χ0n) is 9.66. The van der Waals surface area contributed by atoms with Gasteiger partial charge in [-0.2, -0.15) is 0 Å². The van der Waals surface area contributed by atoms with Gasteiger partial charge in [0.05, 0.1) is 23.6 Å². The van der Waals surface area contributed by atoms with Crippen LogP contribution >= 0.6 is 23.6 Å². The number of rotatable bonds is 2. The number of aryl methyl sites for hydroxylation is 1. The smallest absolute Gasteiger partial charge is 0.214 e. The largest absolute Gasteiger partial charge is 0.356 e. The molecule has 0 spiro atoms. The van der Waals surface area contributed by atoms with Crippen molar-refractivity contribution in [3.05, 3.63) is 5.01 Å². The van der Waals surface area contributed by atoms with Crippen molar-refractivity contribution in [2.75, 3.05) is 16.4 Å². The first-order valence-corrected chi connectivity index (χ1v) is 8.67. The van der Waals surface area contributed by atoms with E-state index in [1.165, 1.54) is 11.3 Å². The quantitative estimate of drug-likeness (QED) is 0.768. The SMILES string of the molecule is CCc1nnc(N2C(=S)N[C@H]3CS(=O)(=O)C[C@@H]32)s1. The molecule has 2 aliphatic heterocycles. The maximum absolute atomic E-state index is 11.6. The number of nitrogens with zero attached hydrogens (tertiary/aromatic N) is 3. The van der Waals surface area contributed by atoms with Gasteiger partial charge in [0.2, 0.25) is 5.13 Å². The van der Waals surface area contributed by atoms with E-state index in [-0.39, 0.29) is 23.6 Å². The minimum Gasteiger partial charge on any atom is -0.356 e. The molecule has 2 aliphatic rings. The maximum Gasteiger partial charge on any atom is 0.214 e. The van der Waals surface area contributed by atoms with E-state index in [0.29, 0.717) is 10.2 Å². The Balaban J connectivity index is 1.94. The molecule has 3 rings (SSSR count). The van der Waals surface area contributed by atoms with E-state index >= 15 is 0 Å². The molecule has 18 heavy (non-hydrogen) atoms. The van der Waals surface area contributed by atoms with Crippen LogP contribution in [0.2, 0.25) is 0 Å². The fourth-order valence-corrected chi connectivity index (χ4v) is 5.48. The molecule has 2 saturated heterocycles. The fourth-order valence-electron chi connectivity index (χ4n) is 2.31. The van der Waals surface area contributed by atoms with Gasteiger partial charge in [0.15, 0.2) is 14.9 Å². The number of aromatic nitrogens is 2. The number of hydrogen-bond acceptors (Lipinski definition) is 6. The van der Waals surface area contributed by atoms with Crippen LogP contribution in [0, 0.1) is 0 Å². The highest BCUT2D eigenvalue weighted by molar-refractivity contribution is 7.91. The van der Waals surface area contributed by atoms with Crippen molar-refractivity contribution in [3.8, 4) is 0 Å². The van der Waals surface area contributed by atoms with Crippen LogP contribution in [0.1, 0.15) is 11.9 Å². The topological polar surface area (TPSA) is 75.2 Å². The molecule has 98 valence electrons. The van der Waals surface area contributed by atoms with Gasteiger partial charge >= 0.3 is 0 Å². The third-order valence-electron chi connectivity index (χ3n) is 3.15. The van der Waals surface area contributed by atoms with Gasteiger partial charge < -0.3 is 5.32 Å². The van der Waals surface area contributed by atoms with Crippen molar-refractivity contribution >= 4 is 43.6 Å². The molecular formula is C9H12N4O2S3. The Kier molecular flexibility index (Phi) is 2.79. The number of fused-ring (bicyclic) bond motifs is 1. The molecule has 0 amide bonds. The summed E-state index contributed by atoms with van der Waals surface area (Å²) in [6, 6.07) is -0.253. The first-order valence-electron chi connectivity index (χ1n) is 5.62. The van der Waals surface area contributed by atoms with Gasteiger partial charge in [-0.3, -0.25) is 4.90 Å². The third kappa shape index (κ3) is 1.90. The summed E-state index contributed by atoms with van der Waals surface area (Å²) in [5, 5.41) is 13.4. The normalized spacial score (nSPS) is 29.4. The molecule has 1 N–H and O–H groups in total. The van der Waals surface area contributed by atoms with Crippen LogP contribution in [0.15, 0.2) is 0 Å². The highest BCUT2D eigenvalue weighted by atomic mass is 32.2. The summed E-state index contributed by atoms with van der Waals surface area (Å²) in [7, 11) is -2.98. The van der Waals surface area contributed by atoms with Gasteiger partial charge in [0.1, 0.15) is 5.01 Å². The van der Waals surface area contributed by atoms with E-state index in [1.807, 2.05) is 6.92 Å². The van der Waals surface area contributed by atoms with E-state index in [2.05, 4.69) is 15.5 Å². The van der Waals surface area contributed by atoms with Crippen molar-refractivity contribution in [2.24, 2.45) is 0 Å². The Morgan fingerprint density at radius 2 is 2.28 bits per heavy atom. The van der Waals surface area contributed by atoms with Crippen LogP contribution in [-0.4, -0.2) is 47.3 Å². The second kappa shape index (κ2) is 4.10. The van der Waals surface area contributed by atoms with Crippen LogP contribution in [0.25, 0.3) is 0 Å². The summed E-state index contributed by atoms with van der Waals surface area (Å²) in [4.78, 5) is 1.81. The lowest BCUT2D eigenvalue weighted by Crippen LogP contribution is -2.36. The Morgan fingerprint density at radius 3 is 2.94 bits per heavy atom. The number of nitrogens with one attached hydrogen (secondary N) is 1. The van der Waals surface area contributed by atoms with Gasteiger partial charge in [0, 0.05) is 0 Å². The van der Waals surface area contributed by atoms with Gasteiger partial charge in [-0.15, -0.1) is 10.2 Å². The molecule has 1 aromatic rings. The van der Waals surface area contributed by atoms with Gasteiger partial charge in [-0.05, 0) is 18.6 Å². The Labute approximate surface area is 114 Å². The zero-order valence-corrected chi connectivity index (χ0v) is 12.1. The van der Waals surface area contributed by atoms with E-state index in [0.717, 1.165) is 11.4 Å². The van der Waals surface area contributed by atoms with Gasteiger partial charge in [-0.25, -0.2) is 8.42 Å². The van der Waals surface area contributed by atoms with Crippen LogP contribution in [0.3, 0.4) is 0 Å². The Bertz CT molecular complexity index is 597. The van der Waals surface area contributed by atoms with Crippen molar-refractivity contribution in [3.63, 3.8) is 0 Å². The minimum atomic E-state index is -2.98. The van der Waals surface area contributed by atoms with Crippen LogP contribution < -0.4 is 10.2 Å². The Morgan fingerprint density at radius 1 is 1.50 bits per heavy atom. The average molecular weight is 304 g/mol. The van der Waals surface area contributed by atoms with E-state index in [1.54, 1.807) is 4.90 Å². The molecule has 2 fully saturated rings. The molecule has 3 heterocycles. The summed E-state index contributed by atoms with van der Waals surface area (Å²) in [6.45, 7) is 2.01. The highest BCUT2D eigenvalue weighted by Crippen LogP contribution is 2.31. The summed E-state index contributed by atoms with van der Waals surface area (Å²) in [5.41, 5.74) is 0. The molecule has 0 bridgehead atoms. The van der Waals surface area contributed by atoms with Crippen molar-refractivity contribution in [1.82, 2.24) is 15.5 Å². The monoisotopic (exact) mass is 304 g/mol. The second-order valence-electron chi connectivity index (χ2n) is 4.40. The van der Waals surface area contributed by atoms with Gasteiger partial charge in [0.25, 0.3) is 0 Å². The lowest BCUT2D eigenvalue weighted by molar-refractivity contribution is 0.600. The summed E-state index contributed by atoms with van der Waals surface area (Å²) in [5.74, 6) is 0.277. The lowest BCUT2D eigenvalue weighted by Gasteiger charge is -2.18. The standard InChI is InChI=1S/C9H12N4O2S3/c1-2-7-11-12-9(17-7)13-6-4-18(14,15)3-5(6)10-8(13)16/h5-6H,2-4H2,1H3,(H,10,16)/t5-,6-/m0/s1. The summed E-state index contributed by atoms with van der Waals surface area (Å²) in [6.07, 6.45) is 0.818. The fraction of sp³-hybridized carbons (Fsp3) is 0.667. The number of anilines is 1. The summed E-state index contributed by atoms with van der Waals surface area (Å²) >= 11 is 6.72. The zero-order chi connectivity index (χ0) is 12.9. The second-order valence-corrected chi connectivity index (χ2v) is 7.98. The maximum atomic E-state index is 11.6. The molecule has 0 aliphatic carbocycles. The minimum absolute atomic E-state index is 0.114. The molecular weight excluding hydrogens is 292 g/mol. The molecule has 0 aromatic carbocycles. The summed E-state index contributed by atoms with van der Waals surface area (Å²) < 4.78 is 23.3. The first-order chi connectivity index (χ1) is 8.50. The van der Waals surface area contributed by atoms with Crippen LogP contribution in [0.4, 0.5) is 5.13 Å². The molecule has 2 atom stereocenters. The number of thiocarbonyl (C=S) groups is 1. The van der Waals surface area contributed by atoms with Crippen molar-refractivity contribution < 1.29 is 8.42 Å². The molecule has 1 aromatic heterocycles. The van der Waals surface area contributed by atoms with Crippen LogP contribution in [-0.2, 0) is 16.3 Å². The average Bonchev–Trinajstić information content (AvgIpc) is 2.90. The molecule has 9 heteroatoms. The van der Waals surface area contributed by atoms with Crippen LogP contribution in [0.5, 0.6) is 0 Å². The lowest BCUT2D eigenvalue weighted by atomic mass is 10.2. The van der Waals surface area contributed by atoms with E-state index < -0.39 is 9.84 Å². The number of sulfone groups is 1. The highest BCUT2D eigenvalue weighted by Gasteiger charge is 2.48. The van der Waals surface area contributed by atoms with E-state index in [9.17, 15) is 8.42 Å². The Hall–Kier alpha value is -0.800. The van der Waals surface area contributed by atoms with Gasteiger partial charge in [-0.1, -0.05) is 18.3 Å². The molecule has 0 unspecified atom stereocenters. The first kappa shape index (κ1) is 12.2. The van der Waals surface area contributed by atoms with E-state index in [4.69, 9.17) is 12.2 Å².